The highest BCUT2D eigenvalue weighted by atomic mass is 14.3. The molecule has 0 unspecified atom stereocenters. The maximum absolute atomic E-state index is 2.37. The van der Waals surface area contributed by atoms with E-state index in [0.29, 0.717) is 0 Å². The van der Waals surface area contributed by atoms with Crippen molar-refractivity contribution in [1.29, 1.82) is 0 Å². The summed E-state index contributed by atoms with van der Waals surface area (Å²) >= 11 is 0. The minimum Gasteiger partial charge on any atom is -0.0616 e. The van der Waals surface area contributed by atoms with Crippen LogP contribution < -0.4 is 0 Å². The van der Waals surface area contributed by atoms with Crippen molar-refractivity contribution in [3.8, 4) is 22.3 Å². The Morgan fingerprint density at radius 2 is 0.800 bits per heavy atom. The van der Waals surface area contributed by atoms with Crippen LogP contribution in [0.3, 0.4) is 0 Å². The molecule has 136 valence electrons. The standard InChI is InChI=1S/C30H16/c1-2-6-19-16-27-25-14-12-23-21-10-4-8-17-7-3-9-20(28(17)21)22-11-13-24(30(25)29(22)23)26(27)15-18(19)5-1/h1-16H. The minimum atomic E-state index is 1.31. The Morgan fingerprint density at radius 3 is 1.37 bits per heavy atom. The summed E-state index contributed by atoms with van der Waals surface area (Å²) in [6.45, 7) is 0. The molecule has 0 saturated heterocycles. The summed E-state index contributed by atoms with van der Waals surface area (Å²) in [7, 11) is 0. The maximum Gasteiger partial charge on any atom is -0.00139 e. The van der Waals surface area contributed by atoms with Crippen LogP contribution in [0.4, 0.5) is 0 Å². The predicted molar refractivity (Wildman–Crippen MR) is 130 cm³/mol. The molecule has 30 heavy (non-hydrogen) atoms. The molecule has 7 aromatic rings. The van der Waals surface area contributed by atoms with E-state index in [1.54, 1.807) is 0 Å². The summed E-state index contributed by atoms with van der Waals surface area (Å²) in [5.74, 6) is 0. The smallest absolute Gasteiger partial charge is 0.00139 e. The normalized spacial score (nSPS) is 12.7. The number of rotatable bonds is 0. The highest BCUT2D eigenvalue weighted by molar-refractivity contribution is 6.37. The van der Waals surface area contributed by atoms with E-state index in [0.717, 1.165) is 0 Å². The average molecular weight is 376 g/mol. The molecule has 8 rings (SSSR count). The third-order valence-electron chi connectivity index (χ3n) is 7.11. The minimum absolute atomic E-state index is 1.31. The first kappa shape index (κ1) is 15.0. The molecule has 0 N–H and O–H groups in total. The van der Waals surface area contributed by atoms with Crippen molar-refractivity contribution in [2.45, 2.75) is 0 Å². The quantitative estimate of drug-likeness (QED) is 0.184. The van der Waals surface area contributed by atoms with E-state index in [2.05, 4.69) is 97.1 Å². The Kier molecular flexibility index (Phi) is 2.49. The van der Waals surface area contributed by atoms with Crippen molar-refractivity contribution in [3.05, 3.63) is 97.1 Å². The summed E-state index contributed by atoms with van der Waals surface area (Å²) < 4.78 is 0. The van der Waals surface area contributed by atoms with Gasteiger partial charge in [0, 0.05) is 0 Å². The van der Waals surface area contributed by atoms with E-state index in [-0.39, 0.29) is 0 Å². The van der Waals surface area contributed by atoms with Gasteiger partial charge in [0.15, 0.2) is 0 Å². The van der Waals surface area contributed by atoms with Crippen molar-refractivity contribution < 1.29 is 0 Å². The predicted octanol–water partition coefficient (Wildman–Crippen LogP) is 8.54. The van der Waals surface area contributed by atoms with Crippen molar-refractivity contribution in [2.75, 3.05) is 0 Å². The molecular formula is C30H16. The second-order valence-corrected chi connectivity index (χ2v) is 8.53. The van der Waals surface area contributed by atoms with Crippen LogP contribution in [0.25, 0.3) is 76.1 Å². The largest absolute Gasteiger partial charge is 0.0616 e. The molecular weight excluding hydrogens is 360 g/mol. The Hall–Kier alpha value is -3.90. The third-order valence-corrected chi connectivity index (χ3v) is 7.11. The zero-order valence-corrected chi connectivity index (χ0v) is 16.2. The van der Waals surface area contributed by atoms with Crippen molar-refractivity contribution in [2.24, 2.45) is 0 Å². The molecule has 7 aromatic carbocycles. The summed E-state index contributed by atoms with van der Waals surface area (Å²) in [6.07, 6.45) is 0. The Morgan fingerprint density at radius 1 is 0.300 bits per heavy atom. The molecule has 0 radical (unpaired) electrons. The Bertz CT molecular complexity index is 1710. The van der Waals surface area contributed by atoms with Gasteiger partial charge in [0.25, 0.3) is 0 Å². The first-order chi connectivity index (χ1) is 14.9. The zero-order chi connectivity index (χ0) is 19.4. The summed E-state index contributed by atoms with van der Waals surface area (Å²) in [5, 5.41) is 13.6. The van der Waals surface area contributed by atoms with Gasteiger partial charge in [-0.15, -0.1) is 0 Å². The second-order valence-electron chi connectivity index (χ2n) is 8.53. The number of fused-ring (bicyclic) bond motifs is 6. The molecule has 0 spiro atoms. The third kappa shape index (κ3) is 1.62. The highest BCUT2D eigenvalue weighted by Crippen LogP contribution is 2.52. The lowest BCUT2D eigenvalue weighted by molar-refractivity contribution is 1.73. The van der Waals surface area contributed by atoms with Gasteiger partial charge in [0.1, 0.15) is 0 Å². The first-order valence-corrected chi connectivity index (χ1v) is 10.5. The summed E-state index contributed by atoms with van der Waals surface area (Å²) in [5.41, 5.74) is 5.48. The van der Waals surface area contributed by atoms with Gasteiger partial charge in [-0.25, -0.2) is 0 Å². The van der Waals surface area contributed by atoms with Crippen LogP contribution in [0, 0.1) is 0 Å². The molecule has 0 amide bonds. The fourth-order valence-electron chi connectivity index (χ4n) is 5.87. The molecule has 1 aliphatic rings. The first-order valence-electron chi connectivity index (χ1n) is 10.5. The van der Waals surface area contributed by atoms with Crippen molar-refractivity contribution in [3.63, 3.8) is 0 Å². The van der Waals surface area contributed by atoms with Gasteiger partial charge in [0.2, 0.25) is 0 Å². The number of hydrogen-bond acceptors (Lipinski definition) is 0. The Balaban J connectivity index is 1.65. The van der Waals surface area contributed by atoms with E-state index in [9.17, 15) is 0 Å². The molecule has 0 aromatic heterocycles. The molecule has 0 heteroatoms. The van der Waals surface area contributed by atoms with Crippen LogP contribution >= 0.6 is 0 Å². The fraction of sp³-hybridized carbons (Fsp3) is 0. The second kappa shape index (κ2) is 4.98. The molecule has 0 atom stereocenters. The molecule has 1 aliphatic carbocycles. The lowest BCUT2D eigenvalue weighted by Crippen LogP contribution is -1.87. The van der Waals surface area contributed by atoms with Gasteiger partial charge in [-0.1, -0.05) is 84.9 Å². The van der Waals surface area contributed by atoms with Gasteiger partial charge >= 0.3 is 0 Å². The lowest BCUT2D eigenvalue weighted by atomic mass is 9.88. The molecule has 0 heterocycles. The van der Waals surface area contributed by atoms with Crippen LogP contribution in [0.1, 0.15) is 0 Å². The zero-order valence-electron chi connectivity index (χ0n) is 16.2. The summed E-state index contributed by atoms with van der Waals surface area (Å²) in [4.78, 5) is 0. The topological polar surface area (TPSA) is 0 Å². The number of hydrogen-bond donors (Lipinski definition) is 0. The van der Waals surface area contributed by atoms with E-state index < -0.39 is 0 Å². The van der Waals surface area contributed by atoms with E-state index in [1.807, 2.05) is 0 Å². The van der Waals surface area contributed by atoms with Crippen molar-refractivity contribution in [1.82, 2.24) is 0 Å². The highest BCUT2D eigenvalue weighted by Gasteiger charge is 2.25. The summed E-state index contributed by atoms with van der Waals surface area (Å²) in [6, 6.07) is 36.2. The van der Waals surface area contributed by atoms with Gasteiger partial charge in [-0.2, -0.15) is 0 Å². The van der Waals surface area contributed by atoms with Gasteiger partial charge in [0.05, 0.1) is 0 Å². The van der Waals surface area contributed by atoms with Crippen LogP contribution in [0.2, 0.25) is 0 Å². The van der Waals surface area contributed by atoms with E-state index >= 15 is 0 Å². The number of benzene rings is 7. The lowest BCUT2D eigenvalue weighted by Gasteiger charge is -2.15. The molecule has 0 nitrogen and oxygen atoms in total. The van der Waals surface area contributed by atoms with Crippen LogP contribution in [0.15, 0.2) is 97.1 Å². The fourth-order valence-corrected chi connectivity index (χ4v) is 5.87. The van der Waals surface area contributed by atoms with Gasteiger partial charge in [-0.3, -0.25) is 0 Å². The van der Waals surface area contributed by atoms with Crippen LogP contribution in [-0.2, 0) is 0 Å². The van der Waals surface area contributed by atoms with Crippen LogP contribution in [0.5, 0.6) is 0 Å². The van der Waals surface area contributed by atoms with Gasteiger partial charge in [-0.05, 0) is 88.2 Å². The molecule has 0 aliphatic heterocycles. The monoisotopic (exact) mass is 376 g/mol. The molecule has 0 bridgehead atoms. The molecule has 0 saturated carbocycles. The van der Waals surface area contributed by atoms with Crippen molar-refractivity contribution >= 4 is 53.9 Å². The van der Waals surface area contributed by atoms with Gasteiger partial charge < -0.3 is 0 Å². The van der Waals surface area contributed by atoms with Crippen LogP contribution in [-0.4, -0.2) is 0 Å². The SMILES string of the molecule is c1ccc2cc3c(cc2c1)-c1ccc2c4cccc5cccc(c6ccc-3c1c26)c54. The van der Waals surface area contributed by atoms with E-state index in [4.69, 9.17) is 0 Å². The molecule has 0 fully saturated rings. The maximum atomic E-state index is 2.37. The Labute approximate surface area is 173 Å². The average Bonchev–Trinajstić information content (AvgIpc) is 3.12. The van der Waals surface area contributed by atoms with E-state index in [1.165, 1.54) is 76.1 Å².